The van der Waals surface area contributed by atoms with E-state index in [0.717, 1.165) is 55.5 Å². The van der Waals surface area contributed by atoms with Gasteiger partial charge in [0.1, 0.15) is 12.2 Å². The minimum absolute atomic E-state index is 0.0269. The minimum atomic E-state index is -1.05. The van der Waals surface area contributed by atoms with Crippen molar-refractivity contribution >= 4 is 11.8 Å². The largest absolute Gasteiger partial charge is 0.469 e. The van der Waals surface area contributed by atoms with Crippen molar-refractivity contribution in [3.05, 3.63) is 29.1 Å². The summed E-state index contributed by atoms with van der Waals surface area (Å²) in [5.41, 5.74) is 2.24. The zero-order valence-electron chi connectivity index (χ0n) is 16.9. The number of aryl methyl sites for hydroxylation is 3. The zero-order chi connectivity index (χ0) is 19.9. The highest BCUT2D eigenvalue weighted by Gasteiger charge is 2.39. The van der Waals surface area contributed by atoms with Gasteiger partial charge in [-0.1, -0.05) is 26.7 Å². The number of carbonyl (C=O) groups excluding carboxylic acids is 2. The highest BCUT2D eigenvalue weighted by atomic mass is 16.5. The fraction of sp³-hybridized carbons (Fsp3) is 0.682. The zero-order valence-corrected chi connectivity index (χ0v) is 16.9. The van der Waals surface area contributed by atoms with Crippen molar-refractivity contribution in [2.24, 2.45) is 5.92 Å². The maximum absolute atomic E-state index is 12.3. The average molecular weight is 376 g/mol. The molecular formula is C22H33NO4. The van der Waals surface area contributed by atoms with Gasteiger partial charge in [0.25, 0.3) is 0 Å². The third-order valence-electron chi connectivity index (χ3n) is 5.75. The molecule has 1 aliphatic rings. The van der Waals surface area contributed by atoms with Gasteiger partial charge in [-0.2, -0.15) is 0 Å². The van der Waals surface area contributed by atoms with Crippen LogP contribution in [0.15, 0.2) is 12.1 Å². The summed E-state index contributed by atoms with van der Waals surface area (Å²) in [6.07, 6.45) is 6.83. The summed E-state index contributed by atoms with van der Waals surface area (Å²) in [5.74, 6) is -0.658. The van der Waals surface area contributed by atoms with Gasteiger partial charge >= 0.3 is 5.97 Å². The first-order valence-electron chi connectivity index (χ1n) is 10.2. The monoisotopic (exact) mass is 375 g/mol. The fourth-order valence-corrected chi connectivity index (χ4v) is 4.12. The van der Waals surface area contributed by atoms with E-state index < -0.39 is 11.6 Å². The van der Waals surface area contributed by atoms with Gasteiger partial charge in [-0.3, -0.25) is 14.6 Å². The van der Waals surface area contributed by atoms with Crippen molar-refractivity contribution in [3.63, 3.8) is 0 Å². The van der Waals surface area contributed by atoms with E-state index in [1.54, 1.807) is 0 Å². The summed E-state index contributed by atoms with van der Waals surface area (Å²) < 4.78 is 4.59. The maximum atomic E-state index is 12.3. The van der Waals surface area contributed by atoms with Crippen molar-refractivity contribution in [3.8, 4) is 0 Å². The van der Waals surface area contributed by atoms with Gasteiger partial charge in [-0.15, -0.1) is 0 Å². The van der Waals surface area contributed by atoms with E-state index in [9.17, 15) is 14.7 Å². The summed E-state index contributed by atoms with van der Waals surface area (Å²) in [5, 5.41) is 11.4. The number of hydrogen-bond donors (Lipinski definition) is 1. The van der Waals surface area contributed by atoms with Crippen LogP contribution in [0.25, 0.3) is 0 Å². The highest BCUT2D eigenvalue weighted by Crippen LogP contribution is 2.39. The average Bonchev–Trinajstić information content (AvgIpc) is 3.21. The number of pyridine rings is 1. The van der Waals surface area contributed by atoms with Crippen molar-refractivity contribution in [1.29, 1.82) is 0 Å². The number of hydrogen-bond acceptors (Lipinski definition) is 5. The molecule has 1 N–H and O–H groups in total. The minimum Gasteiger partial charge on any atom is -0.469 e. The number of aromatic nitrogens is 1. The molecule has 5 nitrogen and oxygen atoms in total. The molecule has 1 unspecified atom stereocenters. The van der Waals surface area contributed by atoms with Gasteiger partial charge in [0.15, 0.2) is 0 Å². The molecule has 5 heteroatoms. The molecular weight excluding hydrogens is 342 g/mol. The van der Waals surface area contributed by atoms with Crippen LogP contribution in [0.1, 0.15) is 75.7 Å². The molecule has 1 atom stereocenters. The summed E-state index contributed by atoms with van der Waals surface area (Å²) in [4.78, 5) is 28.4. The van der Waals surface area contributed by atoms with E-state index in [-0.39, 0.29) is 24.5 Å². The maximum Gasteiger partial charge on any atom is 0.313 e. The molecule has 150 valence electrons. The number of aliphatic hydroxyl groups is 1. The van der Waals surface area contributed by atoms with Gasteiger partial charge < -0.3 is 9.84 Å². The molecule has 0 bridgehead atoms. The molecule has 0 amide bonds. The van der Waals surface area contributed by atoms with Crippen molar-refractivity contribution in [2.45, 2.75) is 83.7 Å². The van der Waals surface area contributed by atoms with Crippen LogP contribution in [-0.4, -0.2) is 34.6 Å². The number of ether oxygens (including phenoxy) is 1. The lowest BCUT2D eigenvalue weighted by atomic mass is 9.77. The molecule has 0 spiro atoms. The second-order valence-corrected chi connectivity index (χ2v) is 7.72. The van der Waals surface area contributed by atoms with Gasteiger partial charge in [0.2, 0.25) is 0 Å². The third-order valence-corrected chi connectivity index (χ3v) is 5.75. The van der Waals surface area contributed by atoms with Crippen LogP contribution in [0.3, 0.4) is 0 Å². The van der Waals surface area contributed by atoms with Gasteiger partial charge in [-0.25, -0.2) is 0 Å². The number of nitrogens with zero attached hydrogens (tertiary/aromatic N) is 1. The van der Waals surface area contributed by atoms with Crippen LogP contribution >= 0.6 is 0 Å². The second-order valence-electron chi connectivity index (χ2n) is 7.72. The predicted molar refractivity (Wildman–Crippen MR) is 104 cm³/mol. The molecule has 1 fully saturated rings. The van der Waals surface area contributed by atoms with Crippen LogP contribution in [0.2, 0.25) is 0 Å². The molecule has 0 saturated heterocycles. The molecule has 1 aliphatic carbocycles. The topological polar surface area (TPSA) is 76.5 Å². The summed E-state index contributed by atoms with van der Waals surface area (Å²) in [7, 11) is 1.28. The quantitative estimate of drug-likeness (QED) is 0.500. The fourth-order valence-electron chi connectivity index (χ4n) is 4.12. The predicted octanol–water partition coefficient (Wildman–Crippen LogP) is 3.58. The van der Waals surface area contributed by atoms with Crippen LogP contribution in [0.5, 0.6) is 0 Å². The van der Waals surface area contributed by atoms with E-state index in [2.05, 4.69) is 35.7 Å². The van der Waals surface area contributed by atoms with Gasteiger partial charge in [0, 0.05) is 17.8 Å². The van der Waals surface area contributed by atoms with Gasteiger partial charge in [-0.05, 0) is 62.1 Å². The molecule has 1 aromatic heterocycles. The Balaban J connectivity index is 2.12. The Morgan fingerprint density at radius 3 is 2.30 bits per heavy atom. The lowest BCUT2D eigenvalue weighted by Crippen LogP contribution is -2.40. The molecule has 1 aromatic rings. The van der Waals surface area contributed by atoms with E-state index in [4.69, 9.17) is 0 Å². The smallest absolute Gasteiger partial charge is 0.313 e. The number of methoxy groups -OCH3 is 1. The van der Waals surface area contributed by atoms with Crippen LogP contribution in [0, 0.1) is 5.92 Å². The van der Waals surface area contributed by atoms with Crippen molar-refractivity contribution < 1.29 is 19.4 Å². The van der Waals surface area contributed by atoms with Crippen LogP contribution in [0.4, 0.5) is 0 Å². The Bertz CT molecular complexity index is 629. The molecule has 0 radical (unpaired) electrons. The Morgan fingerprint density at radius 1 is 1.19 bits per heavy atom. The lowest BCUT2D eigenvalue weighted by molar-refractivity contribution is -0.145. The summed E-state index contributed by atoms with van der Waals surface area (Å²) >= 11 is 0. The SMILES string of the molecule is CCc1cc(CCC(O)(CC(=O)CC(=O)OC)C2CCCC2)cc(CC)n1. The lowest BCUT2D eigenvalue weighted by Gasteiger charge is -2.34. The first-order valence-corrected chi connectivity index (χ1v) is 10.2. The Morgan fingerprint density at radius 2 is 1.78 bits per heavy atom. The van der Waals surface area contributed by atoms with Crippen LogP contribution < -0.4 is 0 Å². The molecule has 1 heterocycles. The normalized spacial score (nSPS) is 16.9. The van der Waals surface area contributed by atoms with E-state index in [1.165, 1.54) is 7.11 Å². The number of carbonyl (C=O) groups is 2. The van der Waals surface area contributed by atoms with Crippen molar-refractivity contribution in [1.82, 2.24) is 4.98 Å². The first kappa shape index (κ1) is 21.5. The number of Topliss-reactive ketones (excluding diaryl/α,β-unsaturated/α-hetero) is 1. The molecule has 1 saturated carbocycles. The number of rotatable bonds is 10. The molecule has 0 aliphatic heterocycles. The third kappa shape index (κ3) is 6.13. The molecule has 2 rings (SSSR count). The van der Waals surface area contributed by atoms with E-state index in [0.29, 0.717) is 12.8 Å². The van der Waals surface area contributed by atoms with E-state index >= 15 is 0 Å². The van der Waals surface area contributed by atoms with Crippen LogP contribution in [-0.2, 0) is 33.6 Å². The molecule has 27 heavy (non-hydrogen) atoms. The van der Waals surface area contributed by atoms with E-state index in [1.807, 2.05) is 0 Å². The van der Waals surface area contributed by atoms with Crippen molar-refractivity contribution in [2.75, 3.05) is 7.11 Å². The standard InChI is InChI=1S/C22H33NO4/c1-4-18-12-16(13-19(5-2)23-18)10-11-22(26,17-8-6-7-9-17)15-20(24)14-21(25)27-3/h12-13,17,26H,4-11,14-15H2,1-3H3. The number of ketones is 1. The Labute approximate surface area is 162 Å². The summed E-state index contributed by atoms with van der Waals surface area (Å²) in [6, 6.07) is 4.20. The summed E-state index contributed by atoms with van der Waals surface area (Å²) in [6.45, 7) is 4.18. The Hall–Kier alpha value is -1.75. The highest BCUT2D eigenvalue weighted by molar-refractivity contribution is 5.95. The second kappa shape index (κ2) is 9.98. The Kier molecular flexibility index (Phi) is 7.96. The first-order chi connectivity index (χ1) is 12.9. The molecule has 0 aromatic carbocycles. The number of esters is 1. The van der Waals surface area contributed by atoms with Gasteiger partial charge in [0.05, 0.1) is 12.7 Å².